The van der Waals surface area contributed by atoms with Crippen molar-refractivity contribution in [3.63, 3.8) is 0 Å². The van der Waals surface area contributed by atoms with E-state index in [-0.39, 0.29) is 11.9 Å². The van der Waals surface area contributed by atoms with Crippen LogP contribution in [-0.2, 0) is 11.3 Å². The summed E-state index contributed by atoms with van der Waals surface area (Å²) < 4.78 is 5.85. The highest BCUT2D eigenvalue weighted by Crippen LogP contribution is 2.27. The molecule has 4 heteroatoms. The highest BCUT2D eigenvalue weighted by Gasteiger charge is 2.32. The Hall–Kier alpha value is -3.11. The number of anilines is 1. The summed E-state index contributed by atoms with van der Waals surface area (Å²) in [6.07, 6.45) is 0. The quantitative estimate of drug-likeness (QED) is 0.617. The Morgan fingerprint density at radius 2 is 1.52 bits per heavy atom. The van der Waals surface area contributed by atoms with Crippen LogP contribution in [0.1, 0.15) is 18.1 Å². The van der Waals surface area contributed by atoms with E-state index in [4.69, 9.17) is 4.74 Å². The summed E-state index contributed by atoms with van der Waals surface area (Å²) >= 11 is 0. The van der Waals surface area contributed by atoms with Crippen LogP contribution in [0.4, 0.5) is 5.69 Å². The number of rotatable bonds is 5. The number of carbonyl (C=O) groups excluding carboxylic acids is 1. The lowest BCUT2D eigenvalue weighted by Gasteiger charge is -2.39. The zero-order valence-electron chi connectivity index (χ0n) is 16.9. The van der Waals surface area contributed by atoms with Crippen LogP contribution in [0.2, 0.25) is 0 Å². The Bertz CT molecular complexity index is 970. The van der Waals surface area contributed by atoms with Crippen LogP contribution in [0.3, 0.4) is 0 Å². The van der Waals surface area contributed by atoms with Crippen LogP contribution in [0.25, 0.3) is 0 Å². The zero-order valence-corrected chi connectivity index (χ0v) is 16.9. The predicted molar refractivity (Wildman–Crippen MR) is 116 cm³/mol. The van der Waals surface area contributed by atoms with Gasteiger partial charge in [-0.05, 0) is 61.4 Å². The fourth-order valence-electron chi connectivity index (χ4n) is 3.71. The number of amides is 1. The van der Waals surface area contributed by atoms with Crippen molar-refractivity contribution in [2.24, 2.45) is 0 Å². The summed E-state index contributed by atoms with van der Waals surface area (Å²) in [6, 6.07) is 25.7. The van der Waals surface area contributed by atoms with Crippen molar-refractivity contribution in [3.8, 4) is 11.5 Å². The van der Waals surface area contributed by atoms with Gasteiger partial charge in [0.25, 0.3) is 0 Å². The van der Waals surface area contributed by atoms with Crippen molar-refractivity contribution in [1.82, 2.24) is 4.90 Å². The highest BCUT2D eigenvalue weighted by molar-refractivity contribution is 5.97. The minimum atomic E-state index is -0.149. The molecule has 29 heavy (non-hydrogen) atoms. The summed E-state index contributed by atoms with van der Waals surface area (Å²) in [6.45, 7) is 6.46. The summed E-state index contributed by atoms with van der Waals surface area (Å²) in [5.41, 5.74) is 3.46. The number of benzene rings is 3. The Labute approximate surface area is 172 Å². The van der Waals surface area contributed by atoms with Crippen LogP contribution in [0.5, 0.6) is 11.5 Å². The third-order valence-corrected chi connectivity index (χ3v) is 5.54. The normalized spacial score (nSPS) is 17.4. The number of aryl methyl sites for hydroxylation is 1. The van der Waals surface area contributed by atoms with Gasteiger partial charge in [-0.3, -0.25) is 9.69 Å². The summed E-state index contributed by atoms with van der Waals surface area (Å²) in [5.74, 6) is 1.70. The lowest BCUT2D eigenvalue weighted by molar-refractivity contribution is -0.125. The Morgan fingerprint density at radius 1 is 0.862 bits per heavy atom. The molecule has 0 saturated carbocycles. The Balaban J connectivity index is 1.42. The van der Waals surface area contributed by atoms with Gasteiger partial charge in [0.1, 0.15) is 11.5 Å². The molecule has 4 rings (SSSR count). The van der Waals surface area contributed by atoms with Crippen molar-refractivity contribution in [2.75, 3.05) is 18.0 Å². The number of para-hydroxylation sites is 1. The van der Waals surface area contributed by atoms with Gasteiger partial charge in [0, 0.05) is 25.3 Å². The Morgan fingerprint density at radius 3 is 2.24 bits per heavy atom. The van der Waals surface area contributed by atoms with Crippen molar-refractivity contribution in [2.45, 2.75) is 26.4 Å². The highest BCUT2D eigenvalue weighted by atomic mass is 16.5. The molecule has 0 aliphatic carbocycles. The van der Waals surface area contributed by atoms with Crippen molar-refractivity contribution >= 4 is 11.6 Å². The fourth-order valence-corrected chi connectivity index (χ4v) is 3.71. The van der Waals surface area contributed by atoms with Gasteiger partial charge >= 0.3 is 0 Å². The van der Waals surface area contributed by atoms with E-state index in [0.717, 1.165) is 30.3 Å². The average molecular weight is 386 g/mol. The SMILES string of the molecule is Cc1ccccc1CN1CCN(c2ccc(Oc3ccccc3)cc2)C(=O)[C@H]1C. The summed E-state index contributed by atoms with van der Waals surface area (Å²) in [4.78, 5) is 17.2. The molecule has 1 aliphatic heterocycles. The molecular formula is C25H26N2O2. The fraction of sp³-hybridized carbons (Fsp3) is 0.240. The van der Waals surface area contributed by atoms with Gasteiger partial charge in [0.05, 0.1) is 6.04 Å². The summed E-state index contributed by atoms with van der Waals surface area (Å²) in [5, 5.41) is 0. The third kappa shape index (κ3) is 4.33. The van der Waals surface area contributed by atoms with E-state index in [0.29, 0.717) is 6.54 Å². The molecule has 0 aromatic heterocycles. The first-order valence-corrected chi connectivity index (χ1v) is 10.0. The largest absolute Gasteiger partial charge is 0.457 e. The van der Waals surface area contributed by atoms with E-state index >= 15 is 0 Å². The lowest BCUT2D eigenvalue weighted by Crippen LogP contribution is -2.55. The van der Waals surface area contributed by atoms with Gasteiger partial charge in [-0.25, -0.2) is 0 Å². The molecule has 1 aliphatic rings. The number of nitrogens with zero attached hydrogens (tertiary/aromatic N) is 2. The van der Waals surface area contributed by atoms with E-state index in [1.807, 2.05) is 66.4 Å². The first-order chi connectivity index (χ1) is 14.1. The van der Waals surface area contributed by atoms with Crippen molar-refractivity contribution in [1.29, 1.82) is 0 Å². The van der Waals surface area contributed by atoms with Crippen LogP contribution < -0.4 is 9.64 Å². The number of ether oxygens (including phenoxy) is 1. The second-order valence-corrected chi connectivity index (χ2v) is 7.47. The average Bonchev–Trinajstić information content (AvgIpc) is 2.75. The van der Waals surface area contributed by atoms with E-state index in [1.54, 1.807) is 0 Å². The predicted octanol–water partition coefficient (Wildman–Crippen LogP) is 5.02. The van der Waals surface area contributed by atoms with Crippen molar-refractivity contribution < 1.29 is 9.53 Å². The lowest BCUT2D eigenvalue weighted by atomic mass is 10.1. The van der Waals surface area contributed by atoms with Crippen LogP contribution in [0, 0.1) is 6.92 Å². The Kier molecular flexibility index (Phi) is 5.63. The second kappa shape index (κ2) is 8.50. The monoisotopic (exact) mass is 386 g/mol. The van der Waals surface area contributed by atoms with Gasteiger partial charge in [-0.1, -0.05) is 42.5 Å². The van der Waals surface area contributed by atoms with Crippen LogP contribution in [-0.4, -0.2) is 29.9 Å². The minimum absolute atomic E-state index is 0.140. The number of hydrogen-bond acceptors (Lipinski definition) is 3. The van der Waals surface area contributed by atoms with E-state index < -0.39 is 0 Å². The molecule has 1 amide bonds. The molecule has 1 saturated heterocycles. The topological polar surface area (TPSA) is 32.8 Å². The molecule has 0 bridgehead atoms. The molecule has 4 nitrogen and oxygen atoms in total. The van der Waals surface area contributed by atoms with Crippen LogP contribution >= 0.6 is 0 Å². The van der Waals surface area contributed by atoms with E-state index in [9.17, 15) is 4.79 Å². The van der Waals surface area contributed by atoms with E-state index in [2.05, 4.69) is 36.1 Å². The maximum Gasteiger partial charge on any atom is 0.244 e. The van der Waals surface area contributed by atoms with Crippen molar-refractivity contribution in [3.05, 3.63) is 90.0 Å². The molecule has 3 aromatic carbocycles. The number of carbonyl (C=O) groups is 1. The zero-order chi connectivity index (χ0) is 20.2. The molecule has 0 radical (unpaired) electrons. The molecule has 148 valence electrons. The second-order valence-electron chi connectivity index (χ2n) is 7.47. The maximum absolute atomic E-state index is 13.0. The first-order valence-electron chi connectivity index (χ1n) is 10.0. The molecule has 1 heterocycles. The van der Waals surface area contributed by atoms with Gasteiger partial charge < -0.3 is 9.64 Å². The molecule has 0 spiro atoms. The minimum Gasteiger partial charge on any atom is -0.457 e. The smallest absolute Gasteiger partial charge is 0.244 e. The van der Waals surface area contributed by atoms with Gasteiger partial charge in [-0.15, -0.1) is 0 Å². The number of piperazine rings is 1. The molecule has 3 aromatic rings. The molecule has 1 atom stereocenters. The third-order valence-electron chi connectivity index (χ3n) is 5.54. The number of hydrogen-bond donors (Lipinski definition) is 0. The maximum atomic E-state index is 13.0. The van der Waals surface area contributed by atoms with Gasteiger partial charge in [0.2, 0.25) is 5.91 Å². The standard InChI is InChI=1S/C25H26N2O2/c1-19-8-6-7-9-21(19)18-26-16-17-27(25(28)20(26)2)22-12-14-24(15-13-22)29-23-10-4-3-5-11-23/h3-15,20H,16-18H2,1-2H3/t20-/m1/s1. The molecule has 0 N–H and O–H groups in total. The molecule has 1 fully saturated rings. The molecular weight excluding hydrogens is 360 g/mol. The van der Waals surface area contributed by atoms with Gasteiger partial charge in [-0.2, -0.15) is 0 Å². The van der Waals surface area contributed by atoms with E-state index in [1.165, 1.54) is 11.1 Å². The summed E-state index contributed by atoms with van der Waals surface area (Å²) in [7, 11) is 0. The van der Waals surface area contributed by atoms with Gasteiger partial charge in [0.15, 0.2) is 0 Å². The molecule has 0 unspecified atom stereocenters. The first kappa shape index (κ1) is 19.2. The van der Waals surface area contributed by atoms with Crippen LogP contribution in [0.15, 0.2) is 78.9 Å².